The van der Waals surface area contributed by atoms with Crippen molar-refractivity contribution >= 4 is 46.4 Å². The maximum atomic E-state index is 12.5. The first-order chi connectivity index (χ1) is 9.50. The lowest BCUT2D eigenvalue weighted by molar-refractivity contribution is 0.0890. The van der Waals surface area contributed by atoms with E-state index in [1.54, 1.807) is 30.3 Å². The molecule has 1 atom stereocenters. The van der Waals surface area contributed by atoms with Crippen LogP contribution in [-0.2, 0) is 0 Å². The number of benzene rings is 2. The molecule has 0 aromatic heterocycles. The predicted molar refractivity (Wildman–Crippen MR) is 79.3 cm³/mol. The Morgan fingerprint density at radius 2 is 1.40 bits per heavy atom. The van der Waals surface area contributed by atoms with Crippen molar-refractivity contribution in [1.29, 1.82) is 0 Å². The predicted octanol–water partition coefficient (Wildman–Crippen LogP) is 4.81. The van der Waals surface area contributed by atoms with Crippen molar-refractivity contribution < 1.29 is 9.59 Å². The number of rotatable bonds is 1. The van der Waals surface area contributed by atoms with Crippen molar-refractivity contribution in [1.82, 2.24) is 0 Å². The number of halogens is 3. The van der Waals surface area contributed by atoms with Crippen LogP contribution in [0.5, 0.6) is 0 Å². The lowest BCUT2D eigenvalue weighted by Gasteiger charge is -2.11. The van der Waals surface area contributed by atoms with Gasteiger partial charge in [0.25, 0.3) is 0 Å². The molecule has 1 unspecified atom stereocenters. The molecule has 1 aliphatic carbocycles. The Labute approximate surface area is 130 Å². The van der Waals surface area contributed by atoms with Gasteiger partial charge in [-0.1, -0.05) is 40.9 Å². The molecule has 0 saturated heterocycles. The van der Waals surface area contributed by atoms with Crippen LogP contribution < -0.4 is 0 Å². The number of carbonyl (C=O) groups excluding carboxylic acids is 2. The summed E-state index contributed by atoms with van der Waals surface area (Å²) in [6, 6.07) is 9.54. The summed E-state index contributed by atoms with van der Waals surface area (Å²) in [5, 5.41) is 1.03. The van der Waals surface area contributed by atoms with E-state index in [9.17, 15) is 9.59 Å². The SMILES string of the molecule is O=C1c2ccc(Cl)cc2C(=O)C1c1c(Cl)cccc1Cl. The number of Topliss-reactive ketones (excluding diaryl/α,β-unsaturated/α-hetero) is 2. The van der Waals surface area contributed by atoms with Crippen molar-refractivity contribution in [2.75, 3.05) is 0 Å². The molecule has 1 aliphatic rings. The van der Waals surface area contributed by atoms with Crippen molar-refractivity contribution in [2.45, 2.75) is 5.92 Å². The van der Waals surface area contributed by atoms with Crippen LogP contribution in [0.4, 0.5) is 0 Å². The quantitative estimate of drug-likeness (QED) is 0.705. The zero-order valence-corrected chi connectivity index (χ0v) is 12.3. The molecule has 20 heavy (non-hydrogen) atoms. The van der Waals surface area contributed by atoms with Crippen molar-refractivity contribution in [2.24, 2.45) is 0 Å². The van der Waals surface area contributed by atoms with Crippen LogP contribution in [0, 0.1) is 0 Å². The van der Waals surface area contributed by atoms with Gasteiger partial charge in [-0.25, -0.2) is 0 Å². The first-order valence-corrected chi connectivity index (χ1v) is 6.96. The van der Waals surface area contributed by atoms with Crippen molar-refractivity contribution in [3.63, 3.8) is 0 Å². The Balaban J connectivity index is 2.20. The number of fused-ring (bicyclic) bond motifs is 1. The monoisotopic (exact) mass is 324 g/mol. The van der Waals surface area contributed by atoms with Gasteiger partial charge in [0.2, 0.25) is 0 Å². The summed E-state index contributed by atoms with van der Waals surface area (Å²) < 4.78 is 0. The molecule has 100 valence electrons. The van der Waals surface area contributed by atoms with E-state index in [-0.39, 0.29) is 11.6 Å². The Hall–Kier alpha value is -1.35. The van der Waals surface area contributed by atoms with Gasteiger partial charge >= 0.3 is 0 Å². The number of ketones is 2. The highest BCUT2D eigenvalue weighted by Gasteiger charge is 2.41. The molecule has 2 aromatic rings. The second-order valence-corrected chi connectivity index (χ2v) is 5.74. The maximum absolute atomic E-state index is 12.5. The Kier molecular flexibility index (Phi) is 3.33. The van der Waals surface area contributed by atoms with Gasteiger partial charge in [0.05, 0.1) is 0 Å². The van der Waals surface area contributed by atoms with Crippen LogP contribution in [0.1, 0.15) is 32.2 Å². The third kappa shape index (κ3) is 1.96. The van der Waals surface area contributed by atoms with E-state index >= 15 is 0 Å². The van der Waals surface area contributed by atoms with Gasteiger partial charge in [-0.2, -0.15) is 0 Å². The number of carbonyl (C=O) groups is 2. The molecular formula is C15H7Cl3O2. The first kappa shape index (κ1) is 13.6. The summed E-state index contributed by atoms with van der Waals surface area (Å²) in [4.78, 5) is 24.9. The molecule has 2 aromatic carbocycles. The molecule has 0 heterocycles. The summed E-state index contributed by atoms with van der Waals surface area (Å²) in [5.41, 5.74) is 1.04. The highest BCUT2D eigenvalue weighted by atomic mass is 35.5. The highest BCUT2D eigenvalue weighted by molar-refractivity contribution is 6.40. The van der Waals surface area contributed by atoms with Gasteiger partial charge in [0.15, 0.2) is 11.6 Å². The Morgan fingerprint density at radius 3 is 2.05 bits per heavy atom. The molecule has 0 amide bonds. The molecule has 5 heteroatoms. The van der Waals surface area contributed by atoms with Crippen LogP contribution in [0.2, 0.25) is 15.1 Å². The normalized spacial score (nSPS) is 17.4. The molecule has 0 radical (unpaired) electrons. The molecule has 0 bridgehead atoms. The Bertz CT molecular complexity index is 733. The van der Waals surface area contributed by atoms with Crippen LogP contribution in [0.25, 0.3) is 0 Å². The summed E-state index contributed by atoms with van der Waals surface area (Å²) in [6.07, 6.45) is 0. The van der Waals surface area contributed by atoms with Gasteiger partial charge in [0.1, 0.15) is 5.92 Å². The van der Waals surface area contributed by atoms with E-state index in [0.29, 0.717) is 31.8 Å². The topological polar surface area (TPSA) is 34.1 Å². The van der Waals surface area contributed by atoms with Gasteiger partial charge in [0, 0.05) is 31.8 Å². The molecule has 0 aliphatic heterocycles. The van der Waals surface area contributed by atoms with Crippen LogP contribution >= 0.6 is 34.8 Å². The lowest BCUT2D eigenvalue weighted by atomic mass is 9.94. The standard InChI is InChI=1S/C15H7Cl3O2/c16-7-4-5-8-9(6-7)15(20)13(14(8)19)12-10(17)2-1-3-11(12)18/h1-6,13H. The van der Waals surface area contributed by atoms with E-state index in [2.05, 4.69) is 0 Å². The average Bonchev–Trinajstić information content (AvgIpc) is 2.63. The zero-order valence-electron chi connectivity index (χ0n) is 9.99. The van der Waals surface area contributed by atoms with Crippen LogP contribution in [0.3, 0.4) is 0 Å². The largest absolute Gasteiger partial charge is 0.293 e. The van der Waals surface area contributed by atoms with E-state index in [0.717, 1.165) is 0 Å². The van der Waals surface area contributed by atoms with Gasteiger partial charge < -0.3 is 0 Å². The first-order valence-electron chi connectivity index (χ1n) is 5.82. The number of hydrogen-bond acceptors (Lipinski definition) is 2. The molecule has 0 spiro atoms. The summed E-state index contributed by atoms with van der Waals surface area (Å²) in [6.45, 7) is 0. The fraction of sp³-hybridized carbons (Fsp3) is 0.0667. The zero-order chi connectivity index (χ0) is 14.4. The molecular weight excluding hydrogens is 319 g/mol. The third-order valence-corrected chi connectivity index (χ3v) is 4.22. The summed E-state index contributed by atoms with van der Waals surface area (Å²) in [5.74, 6) is -1.59. The minimum Gasteiger partial charge on any atom is -0.293 e. The second-order valence-electron chi connectivity index (χ2n) is 4.49. The van der Waals surface area contributed by atoms with Gasteiger partial charge in [-0.15, -0.1) is 0 Å². The van der Waals surface area contributed by atoms with Crippen LogP contribution in [-0.4, -0.2) is 11.6 Å². The Morgan fingerprint density at radius 1 is 0.800 bits per heavy atom. The maximum Gasteiger partial charge on any atom is 0.179 e. The summed E-state index contributed by atoms with van der Waals surface area (Å²) >= 11 is 18.1. The molecule has 0 saturated carbocycles. The smallest absolute Gasteiger partial charge is 0.179 e. The van der Waals surface area contributed by atoms with Crippen molar-refractivity contribution in [3.05, 3.63) is 68.2 Å². The molecule has 0 N–H and O–H groups in total. The average molecular weight is 326 g/mol. The fourth-order valence-corrected chi connectivity index (χ4v) is 3.20. The minimum absolute atomic E-state index is 0.295. The molecule has 2 nitrogen and oxygen atoms in total. The van der Waals surface area contributed by atoms with Gasteiger partial charge in [-0.05, 0) is 30.3 Å². The third-order valence-electron chi connectivity index (χ3n) is 3.33. The van der Waals surface area contributed by atoms with E-state index in [4.69, 9.17) is 34.8 Å². The number of hydrogen-bond donors (Lipinski definition) is 0. The minimum atomic E-state index is -0.982. The van der Waals surface area contributed by atoms with E-state index < -0.39 is 5.92 Å². The highest BCUT2D eigenvalue weighted by Crippen LogP contribution is 2.40. The molecule has 3 rings (SSSR count). The van der Waals surface area contributed by atoms with Crippen molar-refractivity contribution in [3.8, 4) is 0 Å². The van der Waals surface area contributed by atoms with E-state index in [1.807, 2.05) is 0 Å². The lowest BCUT2D eigenvalue weighted by Crippen LogP contribution is -2.13. The van der Waals surface area contributed by atoms with E-state index in [1.165, 1.54) is 6.07 Å². The second kappa shape index (κ2) is 4.88. The summed E-state index contributed by atoms with van der Waals surface area (Å²) in [7, 11) is 0. The fourth-order valence-electron chi connectivity index (χ4n) is 2.41. The van der Waals surface area contributed by atoms with Gasteiger partial charge in [-0.3, -0.25) is 9.59 Å². The van der Waals surface area contributed by atoms with Crippen LogP contribution in [0.15, 0.2) is 36.4 Å². The molecule has 0 fully saturated rings.